The molecule has 6 nitrogen and oxygen atoms in total. The van der Waals surface area contributed by atoms with Gasteiger partial charge in [-0.2, -0.15) is 0 Å². The lowest BCUT2D eigenvalue weighted by molar-refractivity contribution is 0.224. The first-order valence-electron chi connectivity index (χ1n) is 7.51. The molecule has 0 aliphatic heterocycles. The highest BCUT2D eigenvalue weighted by Crippen LogP contribution is 2.16. The zero-order chi connectivity index (χ0) is 16.5. The SMILES string of the molecule is CCNC(=NCc1ccon1)NCC(C)Oc1ccc(Cl)cc1. The number of aromatic nitrogens is 1. The third-order valence-electron chi connectivity index (χ3n) is 2.94. The summed E-state index contributed by atoms with van der Waals surface area (Å²) >= 11 is 5.86. The van der Waals surface area contributed by atoms with Gasteiger partial charge < -0.3 is 19.9 Å². The molecule has 1 heterocycles. The third-order valence-corrected chi connectivity index (χ3v) is 3.19. The Hall–Kier alpha value is -2.21. The Kier molecular flexibility index (Phi) is 6.75. The number of aliphatic imine (C=N–C) groups is 1. The summed E-state index contributed by atoms with van der Waals surface area (Å²) < 4.78 is 10.6. The summed E-state index contributed by atoms with van der Waals surface area (Å²) in [6, 6.07) is 9.10. The van der Waals surface area contributed by atoms with E-state index in [1.807, 2.05) is 26.0 Å². The molecule has 124 valence electrons. The van der Waals surface area contributed by atoms with Gasteiger partial charge in [0.25, 0.3) is 0 Å². The maximum atomic E-state index is 5.86. The smallest absolute Gasteiger partial charge is 0.191 e. The Balaban J connectivity index is 1.82. The summed E-state index contributed by atoms with van der Waals surface area (Å²) in [4.78, 5) is 4.45. The normalized spacial score (nSPS) is 12.7. The maximum Gasteiger partial charge on any atom is 0.191 e. The van der Waals surface area contributed by atoms with Crippen molar-refractivity contribution in [2.45, 2.75) is 26.5 Å². The van der Waals surface area contributed by atoms with Gasteiger partial charge in [-0.15, -0.1) is 0 Å². The fraction of sp³-hybridized carbons (Fsp3) is 0.375. The van der Waals surface area contributed by atoms with Crippen molar-refractivity contribution in [1.82, 2.24) is 15.8 Å². The number of hydrogen-bond acceptors (Lipinski definition) is 4. The van der Waals surface area contributed by atoms with Crippen LogP contribution in [-0.4, -0.2) is 30.3 Å². The summed E-state index contributed by atoms with van der Waals surface area (Å²) in [6.45, 7) is 5.85. The summed E-state index contributed by atoms with van der Waals surface area (Å²) in [6.07, 6.45) is 1.51. The van der Waals surface area contributed by atoms with Crippen LogP contribution in [0, 0.1) is 0 Å². The molecule has 0 saturated carbocycles. The van der Waals surface area contributed by atoms with Crippen molar-refractivity contribution < 1.29 is 9.26 Å². The van der Waals surface area contributed by atoms with Crippen LogP contribution in [0.1, 0.15) is 19.5 Å². The zero-order valence-electron chi connectivity index (χ0n) is 13.3. The van der Waals surface area contributed by atoms with Crippen LogP contribution in [0.15, 0.2) is 46.1 Å². The van der Waals surface area contributed by atoms with Crippen molar-refractivity contribution in [3.63, 3.8) is 0 Å². The number of rotatable bonds is 7. The predicted molar refractivity (Wildman–Crippen MR) is 90.9 cm³/mol. The van der Waals surface area contributed by atoms with Gasteiger partial charge >= 0.3 is 0 Å². The number of halogens is 1. The molecule has 1 unspecified atom stereocenters. The average molecular weight is 337 g/mol. The molecule has 2 aromatic rings. The fourth-order valence-electron chi connectivity index (χ4n) is 1.85. The lowest BCUT2D eigenvalue weighted by atomic mass is 10.3. The summed E-state index contributed by atoms with van der Waals surface area (Å²) in [5.41, 5.74) is 0.785. The molecular weight excluding hydrogens is 316 g/mol. The lowest BCUT2D eigenvalue weighted by Gasteiger charge is -2.17. The van der Waals surface area contributed by atoms with Gasteiger partial charge in [0.2, 0.25) is 0 Å². The Bertz CT molecular complexity index is 599. The van der Waals surface area contributed by atoms with Crippen LogP contribution in [0.2, 0.25) is 5.02 Å². The maximum absolute atomic E-state index is 5.86. The van der Waals surface area contributed by atoms with Gasteiger partial charge in [0, 0.05) is 17.6 Å². The van der Waals surface area contributed by atoms with Crippen molar-refractivity contribution in [2.24, 2.45) is 4.99 Å². The monoisotopic (exact) mass is 336 g/mol. The van der Waals surface area contributed by atoms with Gasteiger partial charge in [-0.1, -0.05) is 16.8 Å². The Labute approximate surface area is 140 Å². The molecule has 1 atom stereocenters. The summed E-state index contributed by atoms with van der Waals surface area (Å²) in [5, 5.41) is 10.9. The molecule has 2 N–H and O–H groups in total. The molecule has 0 bridgehead atoms. The Morgan fingerprint density at radius 2 is 2.09 bits per heavy atom. The molecule has 0 aliphatic carbocycles. The minimum absolute atomic E-state index is 0.0212. The van der Waals surface area contributed by atoms with E-state index in [2.05, 4.69) is 20.8 Å². The topological polar surface area (TPSA) is 71.7 Å². The van der Waals surface area contributed by atoms with E-state index in [-0.39, 0.29) is 6.10 Å². The number of ether oxygens (including phenoxy) is 1. The minimum atomic E-state index is -0.0212. The van der Waals surface area contributed by atoms with Crippen molar-refractivity contribution in [3.8, 4) is 5.75 Å². The first-order valence-corrected chi connectivity index (χ1v) is 7.89. The van der Waals surface area contributed by atoms with E-state index in [4.69, 9.17) is 20.9 Å². The van der Waals surface area contributed by atoms with Crippen LogP contribution in [0.25, 0.3) is 0 Å². The van der Waals surface area contributed by atoms with Gasteiger partial charge in [-0.05, 0) is 38.1 Å². The molecule has 1 aromatic heterocycles. The van der Waals surface area contributed by atoms with E-state index in [0.29, 0.717) is 24.1 Å². The zero-order valence-corrected chi connectivity index (χ0v) is 14.0. The summed E-state index contributed by atoms with van der Waals surface area (Å²) in [5.74, 6) is 1.50. The van der Waals surface area contributed by atoms with E-state index in [9.17, 15) is 0 Å². The highest BCUT2D eigenvalue weighted by Gasteiger charge is 2.06. The molecule has 0 amide bonds. The van der Waals surface area contributed by atoms with Crippen molar-refractivity contribution in [3.05, 3.63) is 47.3 Å². The van der Waals surface area contributed by atoms with Crippen molar-refractivity contribution in [2.75, 3.05) is 13.1 Å². The minimum Gasteiger partial charge on any atom is -0.489 e. The van der Waals surface area contributed by atoms with Crippen LogP contribution in [0.3, 0.4) is 0 Å². The van der Waals surface area contributed by atoms with E-state index in [0.717, 1.165) is 18.0 Å². The van der Waals surface area contributed by atoms with Crippen LogP contribution in [0.5, 0.6) is 5.75 Å². The standard InChI is InChI=1S/C16H21ClN4O2/c1-3-18-16(20-11-14-8-9-22-21-14)19-10-12(2)23-15-6-4-13(17)5-7-15/h4-9,12H,3,10-11H2,1-2H3,(H2,18,19,20). The average Bonchev–Trinajstić information content (AvgIpc) is 3.06. The van der Waals surface area contributed by atoms with Gasteiger partial charge in [-0.3, -0.25) is 0 Å². The summed E-state index contributed by atoms with van der Waals surface area (Å²) in [7, 11) is 0. The first-order chi connectivity index (χ1) is 11.2. The molecule has 0 spiro atoms. The predicted octanol–water partition coefficient (Wildman–Crippen LogP) is 2.85. The molecule has 0 saturated heterocycles. The van der Waals surface area contributed by atoms with Crippen LogP contribution >= 0.6 is 11.6 Å². The quantitative estimate of drug-likeness (QED) is 0.601. The van der Waals surface area contributed by atoms with Gasteiger partial charge in [0.15, 0.2) is 5.96 Å². The second-order valence-corrected chi connectivity index (χ2v) is 5.39. The molecule has 1 aromatic carbocycles. The molecule has 0 aliphatic rings. The number of hydrogen-bond donors (Lipinski definition) is 2. The molecule has 0 radical (unpaired) electrons. The van der Waals surface area contributed by atoms with Gasteiger partial charge in [0.05, 0.1) is 13.1 Å². The van der Waals surface area contributed by atoms with Gasteiger partial charge in [-0.25, -0.2) is 4.99 Å². The van der Waals surface area contributed by atoms with Crippen molar-refractivity contribution in [1.29, 1.82) is 0 Å². The highest BCUT2D eigenvalue weighted by molar-refractivity contribution is 6.30. The molecule has 0 fully saturated rings. The number of nitrogens with zero attached hydrogens (tertiary/aromatic N) is 2. The second kappa shape index (κ2) is 9.05. The van der Waals surface area contributed by atoms with Crippen molar-refractivity contribution >= 4 is 17.6 Å². The number of guanidine groups is 1. The third kappa shape index (κ3) is 6.20. The molecule has 7 heteroatoms. The molecule has 2 rings (SSSR count). The number of benzene rings is 1. The Morgan fingerprint density at radius 1 is 1.30 bits per heavy atom. The van der Waals surface area contributed by atoms with Crippen LogP contribution in [-0.2, 0) is 6.54 Å². The second-order valence-electron chi connectivity index (χ2n) is 4.95. The largest absolute Gasteiger partial charge is 0.489 e. The van der Waals surface area contributed by atoms with E-state index < -0.39 is 0 Å². The molecular formula is C16H21ClN4O2. The molecule has 23 heavy (non-hydrogen) atoms. The highest BCUT2D eigenvalue weighted by atomic mass is 35.5. The van der Waals surface area contributed by atoms with E-state index >= 15 is 0 Å². The van der Waals surface area contributed by atoms with Crippen LogP contribution in [0.4, 0.5) is 0 Å². The first kappa shape index (κ1) is 17.1. The lowest BCUT2D eigenvalue weighted by Crippen LogP contribution is -2.41. The van der Waals surface area contributed by atoms with Gasteiger partial charge in [0.1, 0.15) is 23.8 Å². The van der Waals surface area contributed by atoms with E-state index in [1.54, 1.807) is 18.2 Å². The van der Waals surface area contributed by atoms with Crippen LogP contribution < -0.4 is 15.4 Å². The van der Waals surface area contributed by atoms with E-state index in [1.165, 1.54) is 6.26 Å². The number of nitrogens with one attached hydrogen (secondary N) is 2. The fourth-order valence-corrected chi connectivity index (χ4v) is 1.97. The Morgan fingerprint density at radius 3 is 2.74 bits per heavy atom.